The van der Waals surface area contributed by atoms with E-state index in [1.54, 1.807) is 0 Å². The van der Waals surface area contributed by atoms with Gasteiger partial charge in [0.2, 0.25) is 5.91 Å². The summed E-state index contributed by atoms with van der Waals surface area (Å²) in [5.41, 5.74) is 0. The van der Waals surface area contributed by atoms with Crippen molar-refractivity contribution in [1.82, 2.24) is 15.1 Å². The second-order valence-electron chi connectivity index (χ2n) is 3.82. The molecule has 1 heterocycles. The Morgan fingerprint density at radius 2 is 2.12 bits per heavy atom. The minimum Gasteiger partial charge on any atom is -0.355 e. The van der Waals surface area contributed by atoms with Crippen molar-refractivity contribution < 1.29 is 14.4 Å². The predicted octanol–water partition coefficient (Wildman–Crippen LogP) is -0.203. The molecule has 0 atom stereocenters. The first-order valence-electron chi connectivity index (χ1n) is 5.38. The zero-order chi connectivity index (χ0) is 12.1. The van der Waals surface area contributed by atoms with E-state index in [0.717, 1.165) is 17.7 Å². The second-order valence-corrected chi connectivity index (χ2v) is 3.82. The van der Waals surface area contributed by atoms with Gasteiger partial charge in [-0.25, -0.2) is 4.79 Å². The molecule has 0 unspecified atom stereocenters. The zero-order valence-electron chi connectivity index (χ0n) is 9.65. The number of urea groups is 1. The molecule has 6 heteroatoms. The van der Waals surface area contributed by atoms with Crippen LogP contribution in [-0.4, -0.2) is 54.3 Å². The molecule has 16 heavy (non-hydrogen) atoms. The third kappa shape index (κ3) is 2.95. The number of unbranched alkanes of at least 4 members (excludes halogenated alkanes) is 1. The summed E-state index contributed by atoms with van der Waals surface area (Å²) >= 11 is 0. The van der Waals surface area contributed by atoms with Crippen LogP contribution < -0.4 is 5.32 Å². The Morgan fingerprint density at radius 1 is 1.44 bits per heavy atom. The van der Waals surface area contributed by atoms with Crippen LogP contribution in [0.1, 0.15) is 19.8 Å². The Balaban J connectivity index is 2.39. The fourth-order valence-corrected chi connectivity index (χ4v) is 1.43. The number of amides is 4. The van der Waals surface area contributed by atoms with Gasteiger partial charge in [-0.15, -0.1) is 0 Å². The molecular formula is C10H17N3O3. The highest BCUT2D eigenvalue weighted by molar-refractivity contribution is 6.04. The lowest BCUT2D eigenvalue weighted by Crippen LogP contribution is -2.41. The molecule has 0 aromatic carbocycles. The molecular weight excluding hydrogens is 210 g/mol. The lowest BCUT2D eigenvalue weighted by atomic mass is 10.3. The first kappa shape index (κ1) is 12.5. The van der Waals surface area contributed by atoms with Gasteiger partial charge in [-0.1, -0.05) is 13.3 Å². The Hall–Kier alpha value is -1.59. The molecule has 1 saturated heterocycles. The van der Waals surface area contributed by atoms with Gasteiger partial charge >= 0.3 is 6.03 Å². The number of carbonyl (C=O) groups is 3. The summed E-state index contributed by atoms with van der Waals surface area (Å²) in [7, 11) is 1.54. The molecule has 0 bridgehead atoms. The van der Waals surface area contributed by atoms with Crippen LogP contribution in [0.25, 0.3) is 0 Å². The fourth-order valence-electron chi connectivity index (χ4n) is 1.43. The van der Waals surface area contributed by atoms with Crippen molar-refractivity contribution in [3.8, 4) is 0 Å². The maximum atomic E-state index is 11.4. The number of nitrogens with one attached hydrogen (secondary N) is 1. The lowest BCUT2D eigenvalue weighted by Gasteiger charge is -2.13. The first-order valence-corrected chi connectivity index (χ1v) is 5.38. The Kier molecular flexibility index (Phi) is 4.28. The number of imide groups is 1. The van der Waals surface area contributed by atoms with Crippen LogP contribution in [0, 0.1) is 0 Å². The maximum absolute atomic E-state index is 11.4. The molecule has 1 aliphatic heterocycles. The molecule has 1 aliphatic rings. The largest absolute Gasteiger partial charge is 0.355 e. The van der Waals surface area contributed by atoms with Crippen molar-refractivity contribution in [2.45, 2.75) is 19.8 Å². The summed E-state index contributed by atoms with van der Waals surface area (Å²) in [6.07, 6.45) is 1.89. The van der Waals surface area contributed by atoms with Crippen molar-refractivity contribution in [3.63, 3.8) is 0 Å². The molecule has 0 saturated carbocycles. The molecule has 1 N–H and O–H groups in total. The third-order valence-electron chi connectivity index (χ3n) is 2.39. The van der Waals surface area contributed by atoms with Gasteiger partial charge in [0.05, 0.1) is 0 Å². The highest BCUT2D eigenvalue weighted by Gasteiger charge is 2.34. The monoisotopic (exact) mass is 227 g/mol. The van der Waals surface area contributed by atoms with Gasteiger partial charge in [-0.3, -0.25) is 14.5 Å². The summed E-state index contributed by atoms with van der Waals surface area (Å²) in [5, 5.41) is 2.66. The van der Waals surface area contributed by atoms with Crippen molar-refractivity contribution in [3.05, 3.63) is 0 Å². The molecule has 0 spiro atoms. The Morgan fingerprint density at radius 3 is 2.62 bits per heavy atom. The van der Waals surface area contributed by atoms with Crippen molar-refractivity contribution >= 4 is 17.8 Å². The Labute approximate surface area is 94.6 Å². The highest BCUT2D eigenvalue weighted by Crippen LogP contribution is 2.06. The van der Waals surface area contributed by atoms with E-state index in [1.165, 1.54) is 11.9 Å². The predicted molar refractivity (Wildman–Crippen MR) is 57.7 cm³/mol. The van der Waals surface area contributed by atoms with Gasteiger partial charge in [-0.05, 0) is 6.42 Å². The average Bonchev–Trinajstić information content (AvgIpc) is 2.46. The minimum absolute atomic E-state index is 0.0566. The summed E-state index contributed by atoms with van der Waals surface area (Å²) < 4.78 is 0. The smallest absolute Gasteiger partial charge is 0.327 e. The van der Waals surface area contributed by atoms with E-state index < -0.39 is 6.03 Å². The molecule has 1 rings (SSSR count). The van der Waals surface area contributed by atoms with Gasteiger partial charge in [0.1, 0.15) is 13.1 Å². The summed E-state index contributed by atoms with van der Waals surface area (Å²) in [5.74, 6) is -0.608. The van der Waals surface area contributed by atoms with Gasteiger partial charge < -0.3 is 10.2 Å². The third-order valence-corrected chi connectivity index (χ3v) is 2.39. The van der Waals surface area contributed by atoms with Crippen molar-refractivity contribution in [2.24, 2.45) is 0 Å². The molecule has 90 valence electrons. The number of hydrogen-bond acceptors (Lipinski definition) is 3. The standard InChI is InChI=1S/C10H17N3O3/c1-3-4-5-11-8(14)6-13-9(15)7-12(2)10(13)16/h3-7H2,1-2H3,(H,11,14). The zero-order valence-corrected chi connectivity index (χ0v) is 9.65. The topological polar surface area (TPSA) is 69.7 Å². The number of likely N-dealkylation sites (N-methyl/N-ethyl adjacent to an activating group) is 1. The van der Waals surface area contributed by atoms with Gasteiger partial charge in [0, 0.05) is 13.6 Å². The number of carbonyl (C=O) groups excluding carboxylic acids is 3. The second kappa shape index (κ2) is 5.48. The minimum atomic E-state index is -0.407. The maximum Gasteiger partial charge on any atom is 0.327 e. The van der Waals surface area contributed by atoms with E-state index in [2.05, 4.69) is 5.32 Å². The van der Waals surface area contributed by atoms with Crippen LogP contribution in [0.2, 0.25) is 0 Å². The molecule has 0 aliphatic carbocycles. The van der Waals surface area contributed by atoms with Crippen LogP contribution >= 0.6 is 0 Å². The van der Waals surface area contributed by atoms with E-state index in [-0.39, 0.29) is 24.9 Å². The van der Waals surface area contributed by atoms with Gasteiger partial charge in [0.25, 0.3) is 5.91 Å². The average molecular weight is 227 g/mol. The molecule has 0 aromatic rings. The first-order chi connectivity index (χ1) is 7.56. The quantitative estimate of drug-likeness (QED) is 0.522. The van der Waals surface area contributed by atoms with Crippen molar-refractivity contribution in [2.75, 3.05) is 26.7 Å². The van der Waals surface area contributed by atoms with Crippen molar-refractivity contribution in [1.29, 1.82) is 0 Å². The summed E-state index contributed by atoms with van der Waals surface area (Å²) in [4.78, 5) is 36.4. The van der Waals surface area contributed by atoms with Crippen LogP contribution in [0.5, 0.6) is 0 Å². The number of nitrogens with zero attached hydrogens (tertiary/aromatic N) is 2. The van der Waals surface area contributed by atoms with Crippen LogP contribution in [0.15, 0.2) is 0 Å². The number of rotatable bonds is 5. The fraction of sp³-hybridized carbons (Fsp3) is 0.700. The van der Waals surface area contributed by atoms with E-state index in [9.17, 15) is 14.4 Å². The summed E-state index contributed by atoms with van der Waals surface area (Å²) in [6.45, 7) is 2.49. The van der Waals surface area contributed by atoms with Crippen LogP contribution in [0.3, 0.4) is 0 Å². The summed E-state index contributed by atoms with van der Waals surface area (Å²) in [6, 6.07) is -0.407. The SMILES string of the molecule is CCCCNC(=O)CN1C(=O)CN(C)C1=O. The van der Waals surface area contributed by atoms with E-state index in [4.69, 9.17) is 0 Å². The van der Waals surface area contributed by atoms with Crippen LogP contribution in [-0.2, 0) is 9.59 Å². The van der Waals surface area contributed by atoms with Gasteiger partial charge in [-0.2, -0.15) is 0 Å². The van der Waals surface area contributed by atoms with E-state index in [1.807, 2.05) is 6.92 Å². The molecule has 1 fully saturated rings. The number of hydrogen-bond donors (Lipinski definition) is 1. The Bertz CT molecular complexity index is 304. The van der Waals surface area contributed by atoms with Crippen LogP contribution in [0.4, 0.5) is 4.79 Å². The molecule has 6 nitrogen and oxygen atoms in total. The van der Waals surface area contributed by atoms with E-state index in [0.29, 0.717) is 6.54 Å². The normalized spacial score (nSPS) is 15.9. The van der Waals surface area contributed by atoms with E-state index >= 15 is 0 Å². The highest BCUT2D eigenvalue weighted by atomic mass is 16.2. The molecule has 4 amide bonds. The lowest BCUT2D eigenvalue weighted by molar-refractivity contribution is -0.130. The molecule has 0 radical (unpaired) electrons. The molecule has 0 aromatic heterocycles. The van der Waals surface area contributed by atoms with Gasteiger partial charge in [0.15, 0.2) is 0 Å².